The van der Waals surface area contributed by atoms with Crippen LogP contribution >= 0.6 is 22.9 Å². The lowest BCUT2D eigenvalue weighted by molar-refractivity contribution is 0.0997. The van der Waals surface area contributed by atoms with Gasteiger partial charge in [0.25, 0.3) is 5.91 Å². The topological polar surface area (TPSA) is 71.7 Å². The molecule has 3 aromatic rings. The van der Waals surface area contributed by atoms with Crippen LogP contribution in [-0.2, 0) is 16.6 Å². The van der Waals surface area contributed by atoms with Gasteiger partial charge < -0.3 is 4.57 Å². The first kappa shape index (κ1) is 24.4. The van der Waals surface area contributed by atoms with Gasteiger partial charge in [0.2, 0.25) is 10.0 Å². The Morgan fingerprint density at radius 1 is 1.22 bits per heavy atom. The number of amides is 1. The normalized spacial score (nSPS) is 12.6. The number of sulfonamides is 1. The molecule has 1 amide bonds. The fourth-order valence-corrected chi connectivity index (χ4v) is 6.21. The minimum absolute atomic E-state index is 0.169. The lowest BCUT2D eigenvalue weighted by Gasteiger charge is -2.20. The van der Waals surface area contributed by atoms with Crippen LogP contribution in [0.1, 0.15) is 37.0 Å². The van der Waals surface area contributed by atoms with Crippen molar-refractivity contribution in [3.8, 4) is 0 Å². The smallest absolute Gasteiger partial charge is 0.279 e. The highest BCUT2D eigenvalue weighted by Gasteiger charge is 2.22. The maximum Gasteiger partial charge on any atom is 0.279 e. The molecule has 0 bridgehead atoms. The molecule has 0 spiro atoms. The second-order valence-electron chi connectivity index (χ2n) is 7.16. The number of hydrogen-bond donors (Lipinski definition) is 0. The van der Waals surface area contributed by atoms with E-state index in [-0.39, 0.29) is 4.90 Å². The van der Waals surface area contributed by atoms with E-state index in [0.717, 1.165) is 23.1 Å². The Morgan fingerprint density at radius 3 is 2.56 bits per heavy atom. The second kappa shape index (κ2) is 10.6. The largest absolute Gasteiger partial charge is 0.311 e. The van der Waals surface area contributed by atoms with Gasteiger partial charge >= 0.3 is 0 Å². The Bertz CT molecular complexity index is 1290. The molecule has 1 aromatic heterocycles. The molecule has 0 radical (unpaired) electrons. The zero-order valence-corrected chi connectivity index (χ0v) is 20.5. The van der Waals surface area contributed by atoms with Gasteiger partial charge in [0.05, 0.1) is 20.1 Å². The molecule has 3 rings (SSSR count). The highest BCUT2D eigenvalue weighted by Crippen LogP contribution is 2.25. The third-order valence-corrected chi connectivity index (χ3v) is 8.35. The Balaban J connectivity index is 1.95. The lowest BCUT2D eigenvalue weighted by atomic mass is 10.2. The number of carbonyl (C=O) groups excluding carboxylic acids is 1. The van der Waals surface area contributed by atoms with Gasteiger partial charge in [0.15, 0.2) is 4.80 Å². The van der Waals surface area contributed by atoms with Crippen LogP contribution in [0.2, 0.25) is 5.02 Å². The fraction of sp³-hybridized carbons (Fsp3) is 0.304. The first-order chi connectivity index (χ1) is 15.3. The summed E-state index contributed by atoms with van der Waals surface area (Å²) in [5, 5.41) is 0.576. The average molecular weight is 492 g/mol. The van der Waals surface area contributed by atoms with Crippen molar-refractivity contribution in [2.75, 3.05) is 13.1 Å². The van der Waals surface area contributed by atoms with Crippen molar-refractivity contribution in [1.29, 1.82) is 0 Å². The third kappa shape index (κ3) is 5.04. The number of aromatic nitrogens is 1. The van der Waals surface area contributed by atoms with Gasteiger partial charge in [-0.2, -0.15) is 9.30 Å². The quantitative estimate of drug-likeness (QED) is 0.391. The molecule has 0 fully saturated rings. The zero-order chi connectivity index (χ0) is 23.3. The fourth-order valence-electron chi connectivity index (χ4n) is 3.32. The molecule has 0 aliphatic rings. The van der Waals surface area contributed by atoms with Crippen molar-refractivity contribution in [2.24, 2.45) is 4.99 Å². The summed E-state index contributed by atoms with van der Waals surface area (Å²) in [6.07, 6.45) is 3.43. The van der Waals surface area contributed by atoms with E-state index in [1.807, 2.05) is 30.5 Å². The molecular weight excluding hydrogens is 466 g/mol. The van der Waals surface area contributed by atoms with Crippen LogP contribution in [0, 0.1) is 0 Å². The SMILES string of the molecule is C=CCn1c(=NC(=O)c2ccc(S(=O)(=O)N(CC)CCCC)cc2)sc2cccc(Cl)c21. The van der Waals surface area contributed by atoms with Gasteiger partial charge in [-0.3, -0.25) is 4.79 Å². The third-order valence-electron chi connectivity index (χ3n) is 5.01. The van der Waals surface area contributed by atoms with E-state index >= 15 is 0 Å². The molecule has 1 heterocycles. The van der Waals surface area contributed by atoms with Crippen molar-refractivity contribution in [3.63, 3.8) is 0 Å². The summed E-state index contributed by atoms with van der Waals surface area (Å²) < 4.78 is 30.0. The summed E-state index contributed by atoms with van der Waals surface area (Å²) in [6, 6.07) is 11.5. The predicted molar refractivity (Wildman–Crippen MR) is 131 cm³/mol. The average Bonchev–Trinajstić information content (AvgIpc) is 3.12. The zero-order valence-electron chi connectivity index (χ0n) is 18.1. The number of hydrogen-bond acceptors (Lipinski definition) is 4. The maximum atomic E-state index is 12.9. The van der Waals surface area contributed by atoms with E-state index in [2.05, 4.69) is 11.6 Å². The van der Waals surface area contributed by atoms with Crippen LogP contribution < -0.4 is 4.80 Å². The second-order valence-corrected chi connectivity index (χ2v) is 10.5. The molecule has 9 heteroatoms. The highest BCUT2D eigenvalue weighted by molar-refractivity contribution is 7.89. The summed E-state index contributed by atoms with van der Waals surface area (Å²) in [4.78, 5) is 17.8. The number of unbranched alkanes of at least 4 members (excludes halogenated alkanes) is 1. The number of para-hydroxylation sites is 1. The minimum atomic E-state index is -3.60. The molecule has 0 N–H and O–H groups in total. The van der Waals surface area contributed by atoms with E-state index in [1.165, 1.54) is 39.9 Å². The molecule has 6 nitrogen and oxygen atoms in total. The van der Waals surface area contributed by atoms with E-state index in [9.17, 15) is 13.2 Å². The first-order valence-electron chi connectivity index (χ1n) is 10.4. The Labute approximate surface area is 197 Å². The van der Waals surface area contributed by atoms with E-state index in [1.54, 1.807) is 12.1 Å². The Hall–Kier alpha value is -2.26. The van der Waals surface area contributed by atoms with Crippen molar-refractivity contribution < 1.29 is 13.2 Å². The molecule has 0 aliphatic heterocycles. The van der Waals surface area contributed by atoms with E-state index in [4.69, 9.17) is 11.6 Å². The molecule has 0 aliphatic carbocycles. The lowest BCUT2D eigenvalue weighted by Crippen LogP contribution is -2.31. The van der Waals surface area contributed by atoms with Crippen LogP contribution in [0.4, 0.5) is 0 Å². The van der Waals surface area contributed by atoms with Crippen molar-refractivity contribution in [3.05, 3.63) is 70.5 Å². The number of thiazole rings is 1. The van der Waals surface area contributed by atoms with Crippen LogP contribution in [0.5, 0.6) is 0 Å². The van der Waals surface area contributed by atoms with Gasteiger partial charge in [-0.05, 0) is 42.8 Å². The number of halogens is 1. The van der Waals surface area contributed by atoms with Crippen molar-refractivity contribution in [1.82, 2.24) is 8.87 Å². The van der Waals surface area contributed by atoms with Gasteiger partial charge in [-0.1, -0.05) is 55.3 Å². The molecular formula is C23H26ClN3O3S2. The maximum absolute atomic E-state index is 12.9. The summed E-state index contributed by atoms with van der Waals surface area (Å²) in [5.74, 6) is -0.451. The number of nitrogens with zero attached hydrogens (tertiary/aromatic N) is 3. The van der Waals surface area contributed by atoms with Gasteiger partial charge in [0.1, 0.15) is 0 Å². The Morgan fingerprint density at radius 2 is 1.94 bits per heavy atom. The van der Waals surface area contributed by atoms with E-state index in [0.29, 0.717) is 35.0 Å². The standard InChI is InChI=1S/C23H26ClN3O3S2/c1-4-7-16-26(6-3)32(29,30)18-13-11-17(12-14-18)22(28)25-23-27(15-5-2)21-19(24)9-8-10-20(21)31-23/h5,8-14H,2,4,6-7,15-16H2,1,3H3. The van der Waals surface area contributed by atoms with Crippen molar-refractivity contribution >= 4 is 49.1 Å². The summed E-state index contributed by atoms with van der Waals surface area (Å²) in [6.45, 7) is 8.95. The van der Waals surface area contributed by atoms with Crippen LogP contribution in [0.15, 0.2) is 65.0 Å². The molecule has 32 heavy (non-hydrogen) atoms. The molecule has 170 valence electrons. The van der Waals surface area contributed by atoms with Crippen LogP contribution in [0.25, 0.3) is 10.2 Å². The number of benzene rings is 2. The monoisotopic (exact) mass is 491 g/mol. The molecule has 0 saturated carbocycles. The van der Waals surface area contributed by atoms with E-state index < -0.39 is 15.9 Å². The first-order valence-corrected chi connectivity index (χ1v) is 13.0. The molecule has 2 aromatic carbocycles. The molecule has 0 atom stereocenters. The summed E-state index contributed by atoms with van der Waals surface area (Å²) in [7, 11) is -3.60. The number of carbonyl (C=O) groups is 1. The number of rotatable bonds is 9. The van der Waals surface area contributed by atoms with Gasteiger partial charge in [-0.25, -0.2) is 8.42 Å². The summed E-state index contributed by atoms with van der Waals surface area (Å²) in [5.41, 5.74) is 1.12. The van der Waals surface area contributed by atoms with Gasteiger partial charge in [0, 0.05) is 25.2 Å². The molecule has 0 saturated heterocycles. The van der Waals surface area contributed by atoms with Crippen LogP contribution in [0.3, 0.4) is 0 Å². The molecule has 0 unspecified atom stereocenters. The summed E-state index contributed by atoms with van der Waals surface area (Å²) >= 11 is 7.72. The minimum Gasteiger partial charge on any atom is -0.311 e. The predicted octanol–water partition coefficient (Wildman–Crippen LogP) is 5.09. The number of fused-ring (bicyclic) bond motifs is 1. The van der Waals surface area contributed by atoms with Crippen molar-refractivity contribution in [2.45, 2.75) is 38.1 Å². The highest BCUT2D eigenvalue weighted by atomic mass is 35.5. The van der Waals surface area contributed by atoms with Gasteiger partial charge in [-0.15, -0.1) is 6.58 Å². The number of allylic oxidation sites excluding steroid dienone is 1. The Kier molecular flexibility index (Phi) is 8.05. The van der Waals surface area contributed by atoms with Crippen LogP contribution in [-0.4, -0.2) is 36.3 Å².